The molecule has 0 aliphatic carbocycles. The summed E-state index contributed by atoms with van der Waals surface area (Å²) >= 11 is 0. The Morgan fingerprint density at radius 3 is 1.98 bits per heavy atom. The smallest absolute Gasteiger partial charge is 0.297 e. The molecule has 1 aromatic heterocycles. The molecule has 0 bridgehead atoms. The summed E-state index contributed by atoms with van der Waals surface area (Å²) in [7, 11) is 0. The summed E-state index contributed by atoms with van der Waals surface area (Å²) in [5.41, 5.74) is 12.6. The Bertz CT molecular complexity index is 2130. The molecule has 0 unspecified atom stereocenters. The van der Waals surface area contributed by atoms with Crippen LogP contribution in [0.2, 0.25) is 0 Å². The van der Waals surface area contributed by atoms with Crippen LogP contribution in [0.5, 0.6) is 0 Å². The van der Waals surface area contributed by atoms with Gasteiger partial charge in [-0.15, -0.1) is 0 Å². The van der Waals surface area contributed by atoms with E-state index in [9.17, 15) is 0 Å². The van der Waals surface area contributed by atoms with Crippen LogP contribution in [0.25, 0.3) is 21.7 Å². The zero-order valence-electron chi connectivity index (χ0n) is 22.6. The molecule has 3 heterocycles. The predicted octanol–water partition coefficient (Wildman–Crippen LogP) is 7.98. The first-order valence-electron chi connectivity index (χ1n) is 14.2. The second kappa shape index (κ2) is 8.39. The van der Waals surface area contributed by atoms with Gasteiger partial charge in [-0.05, 0) is 82.7 Å². The molecular weight excluding hydrogens is 499 g/mol. The molecule has 0 radical (unpaired) electrons. The van der Waals surface area contributed by atoms with Crippen LogP contribution in [-0.4, -0.2) is 6.71 Å². The van der Waals surface area contributed by atoms with E-state index in [1.54, 1.807) is 0 Å². The first-order valence-corrected chi connectivity index (χ1v) is 14.2. The van der Waals surface area contributed by atoms with Crippen molar-refractivity contribution in [1.29, 1.82) is 0 Å². The van der Waals surface area contributed by atoms with Crippen LogP contribution < -0.4 is 26.4 Å². The minimum Gasteiger partial charge on any atom is -0.468 e. The maximum absolute atomic E-state index is 7.07. The van der Waals surface area contributed by atoms with E-state index in [2.05, 4.69) is 150 Å². The van der Waals surface area contributed by atoms with Crippen molar-refractivity contribution in [2.24, 2.45) is 0 Å². The quantitative estimate of drug-likeness (QED) is 0.214. The number of aryl methyl sites for hydroxylation is 1. The lowest BCUT2D eigenvalue weighted by Gasteiger charge is -2.42. The van der Waals surface area contributed by atoms with Gasteiger partial charge in [0, 0.05) is 28.4 Å². The van der Waals surface area contributed by atoms with Gasteiger partial charge in [0.25, 0.3) is 6.71 Å². The Morgan fingerprint density at radius 2 is 1.20 bits per heavy atom. The predicted molar refractivity (Wildman–Crippen MR) is 172 cm³/mol. The van der Waals surface area contributed by atoms with E-state index >= 15 is 0 Å². The number of para-hydroxylation sites is 3. The van der Waals surface area contributed by atoms with Crippen molar-refractivity contribution in [3.8, 4) is 0 Å². The number of anilines is 6. The van der Waals surface area contributed by atoms with Crippen molar-refractivity contribution < 1.29 is 4.42 Å². The van der Waals surface area contributed by atoms with Crippen LogP contribution in [0.4, 0.5) is 34.1 Å². The summed E-state index contributed by atoms with van der Waals surface area (Å²) in [6.07, 6.45) is 0. The highest BCUT2D eigenvalue weighted by atomic mass is 16.3. The van der Waals surface area contributed by atoms with Crippen molar-refractivity contribution in [1.82, 2.24) is 0 Å². The Balaban J connectivity index is 1.46. The van der Waals surface area contributed by atoms with Gasteiger partial charge in [0.05, 0.1) is 16.7 Å². The number of benzene rings is 6. The standard InChI is InChI=1S/C37H25BN2O/c1-24-23-25-13-8-9-18-28(25)33-35-37(41-36(24)33)38-29-19-10-11-20-30(29)39(26-14-4-2-5-15-26)31-21-12-22-32(34(31)38)40(35)27-16-6-3-7-17-27/h2-23H,1H3. The van der Waals surface area contributed by atoms with Crippen molar-refractivity contribution in [3.05, 3.63) is 139 Å². The Kier molecular flexibility index (Phi) is 4.62. The summed E-state index contributed by atoms with van der Waals surface area (Å²) in [6, 6.07) is 47.9. The number of hydrogen-bond acceptors (Lipinski definition) is 3. The molecule has 3 nitrogen and oxygen atoms in total. The van der Waals surface area contributed by atoms with Gasteiger partial charge in [-0.25, -0.2) is 0 Å². The van der Waals surface area contributed by atoms with Gasteiger partial charge in [-0.1, -0.05) is 84.9 Å². The number of furan rings is 1. The van der Waals surface area contributed by atoms with E-state index in [4.69, 9.17) is 4.42 Å². The van der Waals surface area contributed by atoms with E-state index in [0.29, 0.717) is 0 Å². The van der Waals surface area contributed by atoms with E-state index in [0.717, 1.165) is 33.9 Å². The van der Waals surface area contributed by atoms with Crippen LogP contribution in [0.15, 0.2) is 138 Å². The van der Waals surface area contributed by atoms with Gasteiger partial charge < -0.3 is 14.2 Å². The maximum Gasteiger partial charge on any atom is 0.297 e. The first kappa shape index (κ1) is 22.6. The highest BCUT2D eigenvalue weighted by Gasteiger charge is 2.46. The summed E-state index contributed by atoms with van der Waals surface area (Å²) in [4.78, 5) is 4.83. The third-order valence-electron chi connectivity index (χ3n) is 8.70. The molecule has 0 saturated carbocycles. The zero-order chi connectivity index (χ0) is 27.1. The van der Waals surface area contributed by atoms with E-state index in [-0.39, 0.29) is 6.71 Å². The largest absolute Gasteiger partial charge is 0.468 e. The van der Waals surface area contributed by atoms with Gasteiger partial charge in [0.15, 0.2) is 0 Å². The summed E-state index contributed by atoms with van der Waals surface area (Å²) in [5, 5.41) is 3.63. The Hall–Kier alpha value is -5.22. The lowest BCUT2D eigenvalue weighted by atomic mass is 9.35. The fourth-order valence-electron chi connectivity index (χ4n) is 7.08. The third-order valence-corrected chi connectivity index (χ3v) is 8.70. The van der Waals surface area contributed by atoms with Crippen LogP contribution in [-0.2, 0) is 0 Å². The molecule has 41 heavy (non-hydrogen) atoms. The second-order valence-corrected chi connectivity index (χ2v) is 11.0. The molecule has 0 fully saturated rings. The minimum atomic E-state index is -0.0297. The van der Waals surface area contributed by atoms with Crippen molar-refractivity contribution in [2.45, 2.75) is 6.92 Å². The molecule has 2 aliphatic rings. The Labute approximate surface area is 239 Å². The average Bonchev–Trinajstić information content (AvgIpc) is 3.43. The summed E-state index contributed by atoms with van der Waals surface area (Å²) in [5.74, 6) is 0. The van der Waals surface area contributed by atoms with Crippen molar-refractivity contribution in [2.75, 3.05) is 9.80 Å². The molecule has 6 aromatic carbocycles. The van der Waals surface area contributed by atoms with Crippen LogP contribution in [0.3, 0.4) is 0 Å². The molecule has 4 heteroatoms. The minimum absolute atomic E-state index is 0.0297. The maximum atomic E-state index is 7.07. The van der Waals surface area contributed by atoms with E-state index in [1.807, 2.05) is 0 Å². The average molecular weight is 524 g/mol. The topological polar surface area (TPSA) is 19.6 Å². The molecule has 0 spiro atoms. The second-order valence-electron chi connectivity index (χ2n) is 11.0. The number of hydrogen-bond donors (Lipinski definition) is 0. The molecule has 192 valence electrons. The van der Waals surface area contributed by atoms with Gasteiger partial charge in [-0.2, -0.15) is 0 Å². The highest BCUT2D eigenvalue weighted by Crippen LogP contribution is 2.48. The van der Waals surface area contributed by atoms with Crippen LogP contribution in [0.1, 0.15) is 5.56 Å². The van der Waals surface area contributed by atoms with Crippen LogP contribution in [0, 0.1) is 6.92 Å². The zero-order valence-corrected chi connectivity index (χ0v) is 22.6. The van der Waals surface area contributed by atoms with Gasteiger partial charge >= 0.3 is 0 Å². The molecule has 0 amide bonds. The summed E-state index contributed by atoms with van der Waals surface area (Å²) < 4.78 is 7.07. The molecule has 7 aromatic rings. The molecule has 9 rings (SSSR count). The van der Waals surface area contributed by atoms with Gasteiger partial charge in [-0.3, -0.25) is 0 Å². The van der Waals surface area contributed by atoms with Crippen LogP contribution >= 0.6 is 0 Å². The van der Waals surface area contributed by atoms with Gasteiger partial charge in [0.2, 0.25) is 0 Å². The number of nitrogens with zero attached hydrogens (tertiary/aromatic N) is 2. The number of fused-ring (bicyclic) bond motifs is 8. The lowest BCUT2D eigenvalue weighted by molar-refractivity contribution is 0.648. The van der Waals surface area contributed by atoms with E-state index < -0.39 is 0 Å². The monoisotopic (exact) mass is 524 g/mol. The van der Waals surface area contributed by atoms with Gasteiger partial charge in [0.1, 0.15) is 5.58 Å². The molecule has 0 N–H and O–H groups in total. The number of rotatable bonds is 2. The third kappa shape index (κ3) is 3.05. The van der Waals surface area contributed by atoms with Crippen molar-refractivity contribution in [3.63, 3.8) is 0 Å². The first-order chi connectivity index (χ1) is 20.3. The SMILES string of the molecule is Cc1cc2ccccc2c2c3c(oc12)B1c2ccccc2N(c2ccccc2)c2cccc(c21)N3c1ccccc1. The highest BCUT2D eigenvalue weighted by molar-refractivity contribution is 7.00. The molecule has 2 aliphatic heterocycles. The molecule has 0 atom stereocenters. The fraction of sp³-hybridized carbons (Fsp3) is 0.0270. The van der Waals surface area contributed by atoms with Crippen molar-refractivity contribution >= 4 is 79.2 Å². The molecule has 0 saturated heterocycles. The molecular formula is C37H25BN2O. The van der Waals surface area contributed by atoms with E-state index in [1.165, 1.54) is 44.1 Å². The lowest BCUT2D eigenvalue weighted by Crippen LogP contribution is -2.60. The normalized spacial score (nSPS) is 13.3. The Morgan fingerprint density at radius 1 is 0.585 bits per heavy atom. The fourth-order valence-corrected chi connectivity index (χ4v) is 7.08. The summed E-state index contributed by atoms with van der Waals surface area (Å²) in [6.45, 7) is 2.14.